The van der Waals surface area contributed by atoms with Gasteiger partial charge in [0.15, 0.2) is 5.96 Å². The molecule has 0 radical (unpaired) electrons. The van der Waals surface area contributed by atoms with Gasteiger partial charge in [0.25, 0.3) is 0 Å². The highest BCUT2D eigenvalue weighted by atomic mass is 15.2. The van der Waals surface area contributed by atoms with Crippen LogP contribution in [0.5, 0.6) is 0 Å². The predicted octanol–water partition coefficient (Wildman–Crippen LogP) is 3.04. The summed E-state index contributed by atoms with van der Waals surface area (Å²) in [6.07, 6.45) is 6.74. The largest absolute Gasteiger partial charge is 0.356 e. The Hall–Kier alpha value is -3.08. The number of guanidine groups is 1. The van der Waals surface area contributed by atoms with Crippen molar-refractivity contribution >= 4 is 5.96 Å². The van der Waals surface area contributed by atoms with Crippen LogP contribution in [0.2, 0.25) is 0 Å². The van der Waals surface area contributed by atoms with Crippen molar-refractivity contribution in [2.45, 2.75) is 19.5 Å². The van der Waals surface area contributed by atoms with Crippen molar-refractivity contribution in [1.82, 2.24) is 20.2 Å². The van der Waals surface area contributed by atoms with Gasteiger partial charge in [0, 0.05) is 38.6 Å². The molecule has 0 aliphatic carbocycles. The van der Waals surface area contributed by atoms with Crippen molar-refractivity contribution < 1.29 is 0 Å². The molecule has 132 valence electrons. The summed E-state index contributed by atoms with van der Waals surface area (Å²) >= 11 is 0. The van der Waals surface area contributed by atoms with E-state index in [0.717, 1.165) is 38.6 Å². The summed E-state index contributed by atoms with van der Waals surface area (Å²) in [5, 5.41) is 6.73. The molecule has 0 amide bonds. The number of benzene rings is 2. The molecule has 0 bridgehead atoms. The van der Waals surface area contributed by atoms with Crippen LogP contribution >= 0.6 is 0 Å². The molecule has 0 saturated carbocycles. The van der Waals surface area contributed by atoms with Crippen molar-refractivity contribution in [3.63, 3.8) is 0 Å². The van der Waals surface area contributed by atoms with Crippen LogP contribution in [0.25, 0.3) is 11.1 Å². The molecule has 26 heavy (non-hydrogen) atoms. The average molecular weight is 345 g/mol. The molecule has 4 rings (SSSR count). The third-order valence-corrected chi connectivity index (χ3v) is 4.55. The second-order valence-electron chi connectivity index (χ2n) is 6.45. The van der Waals surface area contributed by atoms with Gasteiger partial charge in [-0.2, -0.15) is 0 Å². The Balaban J connectivity index is 1.49. The smallest absolute Gasteiger partial charge is 0.191 e. The van der Waals surface area contributed by atoms with Crippen molar-refractivity contribution in [2.75, 3.05) is 13.1 Å². The van der Waals surface area contributed by atoms with Crippen molar-refractivity contribution in [3.8, 4) is 11.1 Å². The lowest BCUT2D eigenvalue weighted by atomic mass is 9.98. The van der Waals surface area contributed by atoms with Gasteiger partial charge in [0.1, 0.15) is 0 Å². The number of imidazole rings is 1. The van der Waals surface area contributed by atoms with E-state index >= 15 is 0 Å². The molecule has 0 fully saturated rings. The molecule has 2 aromatic carbocycles. The zero-order valence-corrected chi connectivity index (χ0v) is 14.7. The maximum Gasteiger partial charge on any atom is 0.191 e. The molecule has 5 nitrogen and oxygen atoms in total. The van der Waals surface area contributed by atoms with E-state index < -0.39 is 0 Å². The molecule has 1 aliphatic heterocycles. The lowest BCUT2D eigenvalue weighted by molar-refractivity contribution is 0.702. The summed E-state index contributed by atoms with van der Waals surface area (Å²) in [6.45, 7) is 3.50. The monoisotopic (exact) mass is 345 g/mol. The van der Waals surface area contributed by atoms with E-state index in [9.17, 15) is 0 Å². The zero-order valence-electron chi connectivity index (χ0n) is 14.7. The van der Waals surface area contributed by atoms with E-state index in [4.69, 9.17) is 0 Å². The van der Waals surface area contributed by atoms with Gasteiger partial charge in [-0.05, 0) is 28.7 Å². The van der Waals surface area contributed by atoms with Gasteiger partial charge in [-0.1, -0.05) is 48.5 Å². The van der Waals surface area contributed by atoms with E-state index in [2.05, 4.69) is 73.7 Å². The molecule has 0 saturated heterocycles. The fraction of sp³-hybridized carbons (Fsp3) is 0.238. The van der Waals surface area contributed by atoms with Gasteiger partial charge in [-0.3, -0.25) is 4.99 Å². The van der Waals surface area contributed by atoms with E-state index in [1.165, 1.54) is 22.3 Å². The van der Waals surface area contributed by atoms with Crippen molar-refractivity contribution in [3.05, 3.63) is 78.4 Å². The number of nitrogens with zero attached hydrogens (tertiary/aromatic N) is 3. The summed E-state index contributed by atoms with van der Waals surface area (Å²) in [6, 6.07) is 17.3. The fourth-order valence-electron chi connectivity index (χ4n) is 3.17. The maximum atomic E-state index is 4.48. The first-order valence-electron chi connectivity index (χ1n) is 9.04. The topological polar surface area (TPSA) is 54.2 Å². The fourth-order valence-corrected chi connectivity index (χ4v) is 3.17. The standard InChI is InChI=1S/C21H23N5/c1-2-5-20(19(4-1)14-25-21-23-10-3-11-24-21)18-8-6-17(7-9-18)15-26-13-12-22-16-26/h1-2,4-9,12-13,16H,3,10-11,14-15H2,(H2,23,24,25). The van der Waals surface area contributed by atoms with Crippen LogP contribution in [0.15, 0.2) is 72.2 Å². The Labute approximate surface area is 153 Å². The van der Waals surface area contributed by atoms with Gasteiger partial charge >= 0.3 is 0 Å². The second-order valence-corrected chi connectivity index (χ2v) is 6.45. The maximum absolute atomic E-state index is 4.48. The first-order valence-corrected chi connectivity index (χ1v) is 9.04. The summed E-state index contributed by atoms with van der Waals surface area (Å²) in [5.41, 5.74) is 5.02. The number of aromatic nitrogens is 2. The summed E-state index contributed by atoms with van der Waals surface area (Å²) in [7, 11) is 0. The first kappa shape index (κ1) is 16.4. The molecule has 5 heteroatoms. The molecular formula is C21H23N5. The van der Waals surface area contributed by atoms with Crippen LogP contribution in [0.3, 0.4) is 0 Å². The van der Waals surface area contributed by atoms with Gasteiger partial charge < -0.3 is 15.2 Å². The van der Waals surface area contributed by atoms with Gasteiger partial charge in [0.05, 0.1) is 6.33 Å². The summed E-state index contributed by atoms with van der Waals surface area (Å²) in [4.78, 5) is 8.58. The van der Waals surface area contributed by atoms with Crippen LogP contribution in [-0.4, -0.2) is 28.6 Å². The number of aliphatic imine (C=N–C) groups is 1. The van der Waals surface area contributed by atoms with Crippen LogP contribution < -0.4 is 10.6 Å². The SMILES string of the molecule is c1ccc(-c2ccc(Cn3ccnc3)cc2)c(CNC2=NCCCN2)c1. The third kappa shape index (κ3) is 3.94. The van der Waals surface area contributed by atoms with Crippen LogP contribution in [0.1, 0.15) is 17.5 Å². The Morgan fingerprint density at radius 2 is 1.96 bits per heavy atom. The van der Waals surface area contributed by atoms with Crippen molar-refractivity contribution in [1.29, 1.82) is 0 Å². The molecule has 3 aromatic rings. The van der Waals surface area contributed by atoms with Gasteiger partial charge in [-0.25, -0.2) is 4.98 Å². The Bertz CT molecular complexity index is 866. The van der Waals surface area contributed by atoms with Gasteiger partial charge in [-0.15, -0.1) is 0 Å². The Morgan fingerprint density at radius 3 is 2.73 bits per heavy atom. The lowest BCUT2D eigenvalue weighted by Crippen LogP contribution is -2.40. The molecule has 1 aliphatic rings. The molecule has 2 heterocycles. The quantitative estimate of drug-likeness (QED) is 0.747. The molecule has 0 spiro atoms. The Morgan fingerprint density at radius 1 is 1.08 bits per heavy atom. The highest BCUT2D eigenvalue weighted by molar-refractivity contribution is 5.80. The number of hydrogen-bond donors (Lipinski definition) is 2. The minimum absolute atomic E-state index is 0.763. The van der Waals surface area contributed by atoms with Crippen LogP contribution in [0, 0.1) is 0 Å². The highest BCUT2D eigenvalue weighted by Gasteiger charge is 2.07. The van der Waals surface area contributed by atoms with E-state index in [1.807, 2.05) is 18.7 Å². The predicted molar refractivity (Wildman–Crippen MR) is 105 cm³/mol. The summed E-state index contributed by atoms with van der Waals surface area (Å²) in [5.74, 6) is 0.904. The lowest BCUT2D eigenvalue weighted by Gasteiger charge is -2.17. The molecular weight excluding hydrogens is 322 g/mol. The minimum atomic E-state index is 0.763. The van der Waals surface area contributed by atoms with E-state index in [-0.39, 0.29) is 0 Å². The molecule has 0 atom stereocenters. The second kappa shape index (κ2) is 7.87. The molecule has 0 unspecified atom stereocenters. The Kier molecular flexibility index (Phi) is 4.96. The normalized spacial score (nSPS) is 13.8. The molecule has 1 aromatic heterocycles. The highest BCUT2D eigenvalue weighted by Crippen LogP contribution is 2.24. The third-order valence-electron chi connectivity index (χ3n) is 4.55. The van der Waals surface area contributed by atoms with Crippen LogP contribution in [-0.2, 0) is 13.1 Å². The number of hydrogen-bond acceptors (Lipinski definition) is 4. The molecule has 2 N–H and O–H groups in total. The van der Waals surface area contributed by atoms with Crippen LogP contribution in [0.4, 0.5) is 0 Å². The average Bonchev–Trinajstić information content (AvgIpc) is 3.21. The zero-order chi connectivity index (χ0) is 17.6. The minimum Gasteiger partial charge on any atom is -0.356 e. The first-order chi connectivity index (χ1) is 12.9. The van der Waals surface area contributed by atoms with Gasteiger partial charge in [0.2, 0.25) is 0 Å². The number of nitrogens with one attached hydrogen (secondary N) is 2. The van der Waals surface area contributed by atoms with Crippen molar-refractivity contribution in [2.24, 2.45) is 4.99 Å². The number of rotatable bonds is 5. The van der Waals surface area contributed by atoms with E-state index in [1.54, 1.807) is 0 Å². The summed E-state index contributed by atoms with van der Waals surface area (Å²) < 4.78 is 2.07. The van der Waals surface area contributed by atoms with E-state index in [0.29, 0.717) is 0 Å².